The number of benzene rings is 1. The van der Waals surface area contributed by atoms with Crippen LogP contribution < -0.4 is 5.32 Å². The molecule has 0 aliphatic heterocycles. The van der Waals surface area contributed by atoms with Gasteiger partial charge in [-0.15, -0.1) is 0 Å². The summed E-state index contributed by atoms with van der Waals surface area (Å²) in [5.74, 6) is -0.0124. The van der Waals surface area contributed by atoms with Gasteiger partial charge in [0.15, 0.2) is 0 Å². The van der Waals surface area contributed by atoms with Gasteiger partial charge in [-0.2, -0.15) is 0 Å². The van der Waals surface area contributed by atoms with Crippen molar-refractivity contribution in [1.29, 1.82) is 0 Å². The van der Waals surface area contributed by atoms with Crippen molar-refractivity contribution in [3.8, 4) is 0 Å². The van der Waals surface area contributed by atoms with E-state index in [4.69, 9.17) is 0 Å². The van der Waals surface area contributed by atoms with Gasteiger partial charge in [0.2, 0.25) is 5.91 Å². The summed E-state index contributed by atoms with van der Waals surface area (Å²) in [4.78, 5) is 19.9. The second-order valence-corrected chi connectivity index (χ2v) is 6.33. The molecular formula is C19H24N4O. The number of H-pyrrole nitrogens is 1. The van der Waals surface area contributed by atoms with Crippen molar-refractivity contribution in [3.63, 3.8) is 0 Å². The van der Waals surface area contributed by atoms with E-state index in [-0.39, 0.29) is 11.9 Å². The van der Waals surface area contributed by atoms with Gasteiger partial charge in [-0.1, -0.05) is 18.6 Å². The van der Waals surface area contributed by atoms with Crippen molar-refractivity contribution in [2.24, 2.45) is 0 Å². The van der Waals surface area contributed by atoms with Gasteiger partial charge in [-0.25, -0.2) is 4.98 Å². The van der Waals surface area contributed by atoms with E-state index < -0.39 is 0 Å². The van der Waals surface area contributed by atoms with Crippen LogP contribution in [-0.4, -0.2) is 20.4 Å². The van der Waals surface area contributed by atoms with Crippen LogP contribution in [0.2, 0.25) is 0 Å². The number of nitrogens with zero attached hydrogens (tertiary/aromatic N) is 2. The number of amides is 1. The summed E-state index contributed by atoms with van der Waals surface area (Å²) in [6.45, 7) is 8.78. The average molecular weight is 324 g/mol. The van der Waals surface area contributed by atoms with Crippen LogP contribution in [-0.2, 0) is 17.8 Å². The van der Waals surface area contributed by atoms with Crippen LogP contribution in [0.1, 0.15) is 42.3 Å². The molecule has 1 amide bonds. The Morgan fingerprint density at radius 1 is 1.38 bits per heavy atom. The van der Waals surface area contributed by atoms with Gasteiger partial charge in [0.1, 0.15) is 6.04 Å². The maximum Gasteiger partial charge on any atom is 0.243 e. The highest BCUT2D eigenvalue weighted by atomic mass is 16.2. The van der Waals surface area contributed by atoms with Crippen LogP contribution in [0.4, 0.5) is 0 Å². The summed E-state index contributed by atoms with van der Waals surface area (Å²) < 4.78 is 1.80. The minimum Gasteiger partial charge on any atom is -0.358 e. The zero-order valence-electron chi connectivity index (χ0n) is 14.7. The molecule has 0 saturated carbocycles. The Bertz CT molecular complexity index is 861. The van der Waals surface area contributed by atoms with E-state index in [0.717, 1.165) is 17.5 Å². The first kappa shape index (κ1) is 16.3. The van der Waals surface area contributed by atoms with Crippen molar-refractivity contribution in [1.82, 2.24) is 19.9 Å². The fraction of sp³-hybridized carbons (Fsp3) is 0.368. The lowest BCUT2D eigenvalue weighted by Crippen LogP contribution is -2.30. The topological polar surface area (TPSA) is 62.7 Å². The summed E-state index contributed by atoms with van der Waals surface area (Å²) >= 11 is 0. The van der Waals surface area contributed by atoms with Crippen molar-refractivity contribution in [2.75, 3.05) is 0 Å². The van der Waals surface area contributed by atoms with Gasteiger partial charge < -0.3 is 14.9 Å². The fourth-order valence-corrected chi connectivity index (χ4v) is 3.17. The molecule has 0 fully saturated rings. The standard InChI is InChI=1S/C19H24N4O/c1-5-17-13(3)16-9-12(2)8-15(18(16)22-17)10-21-19(24)14(4)23-7-6-20-11-23/h6-9,11,14,22H,5,10H2,1-4H3,(H,21,24). The normalized spacial score (nSPS) is 12.5. The van der Waals surface area contributed by atoms with Crippen molar-refractivity contribution in [2.45, 2.75) is 46.7 Å². The number of carbonyl (C=O) groups is 1. The highest BCUT2D eigenvalue weighted by Gasteiger charge is 2.15. The maximum absolute atomic E-state index is 12.4. The molecule has 0 bridgehead atoms. The van der Waals surface area contributed by atoms with Crippen LogP contribution in [0.5, 0.6) is 0 Å². The Labute approximate surface area is 142 Å². The first-order chi connectivity index (χ1) is 11.5. The van der Waals surface area contributed by atoms with E-state index in [9.17, 15) is 4.79 Å². The minimum absolute atomic E-state index is 0.0124. The van der Waals surface area contributed by atoms with Gasteiger partial charge in [0, 0.05) is 30.0 Å². The number of rotatable bonds is 5. The quantitative estimate of drug-likeness (QED) is 0.755. The summed E-state index contributed by atoms with van der Waals surface area (Å²) in [7, 11) is 0. The first-order valence-electron chi connectivity index (χ1n) is 8.37. The Balaban J connectivity index is 1.83. The Kier molecular flexibility index (Phi) is 4.42. The van der Waals surface area contributed by atoms with Crippen LogP contribution in [0, 0.1) is 13.8 Å². The Morgan fingerprint density at radius 2 is 2.17 bits per heavy atom. The number of carbonyl (C=O) groups excluding carboxylic acids is 1. The van der Waals surface area contributed by atoms with Crippen molar-refractivity contribution < 1.29 is 4.79 Å². The summed E-state index contributed by atoms with van der Waals surface area (Å²) in [6, 6.07) is 4.07. The zero-order chi connectivity index (χ0) is 17.3. The number of aryl methyl sites for hydroxylation is 3. The lowest BCUT2D eigenvalue weighted by molar-refractivity contribution is -0.124. The predicted molar refractivity (Wildman–Crippen MR) is 95.9 cm³/mol. The first-order valence-corrected chi connectivity index (χ1v) is 8.37. The largest absolute Gasteiger partial charge is 0.358 e. The second kappa shape index (κ2) is 6.51. The van der Waals surface area contributed by atoms with Crippen molar-refractivity contribution >= 4 is 16.8 Å². The molecule has 0 saturated heterocycles. The molecule has 2 heterocycles. The molecule has 126 valence electrons. The Hall–Kier alpha value is -2.56. The highest BCUT2D eigenvalue weighted by Crippen LogP contribution is 2.26. The van der Waals surface area contributed by atoms with Crippen LogP contribution in [0.25, 0.3) is 10.9 Å². The third-order valence-electron chi connectivity index (χ3n) is 4.66. The molecule has 5 nitrogen and oxygen atoms in total. The molecule has 1 aromatic carbocycles. The molecule has 2 N–H and O–H groups in total. The smallest absolute Gasteiger partial charge is 0.243 e. The summed E-state index contributed by atoms with van der Waals surface area (Å²) in [5.41, 5.74) is 6.02. The number of hydrogen-bond donors (Lipinski definition) is 2. The average Bonchev–Trinajstić information content (AvgIpc) is 3.20. The molecule has 3 aromatic rings. The molecule has 3 rings (SSSR count). The molecule has 1 atom stereocenters. The number of hydrogen-bond acceptors (Lipinski definition) is 2. The number of imidazole rings is 1. The van der Waals surface area contributed by atoms with Gasteiger partial charge in [0.25, 0.3) is 0 Å². The molecule has 0 aliphatic carbocycles. The van der Waals surface area contributed by atoms with Gasteiger partial charge >= 0.3 is 0 Å². The maximum atomic E-state index is 12.4. The fourth-order valence-electron chi connectivity index (χ4n) is 3.17. The van der Waals surface area contributed by atoms with E-state index in [1.165, 1.54) is 22.2 Å². The van der Waals surface area contributed by atoms with Crippen LogP contribution >= 0.6 is 0 Å². The van der Waals surface area contributed by atoms with E-state index in [0.29, 0.717) is 6.54 Å². The highest BCUT2D eigenvalue weighted by molar-refractivity contribution is 5.88. The number of aromatic amines is 1. The van der Waals surface area contributed by atoms with E-state index in [2.05, 4.69) is 48.2 Å². The molecule has 0 aliphatic rings. The zero-order valence-corrected chi connectivity index (χ0v) is 14.7. The van der Waals surface area contributed by atoms with E-state index in [1.807, 2.05) is 6.92 Å². The minimum atomic E-state index is -0.274. The lowest BCUT2D eigenvalue weighted by atomic mass is 10.0. The molecule has 5 heteroatoms. The monoisotopic (exact) mass is 324 g/mol. The molecule has 0 radical (unpaired) electrons. The van der Waals surface area contributed by atoms with E-state index >= 15 is 0 Å². The Morgan fingerprint density at radius 3 is 2.83 bits per heavy atom. The van der Waals surface area contributed by atoms with Gasteiger partial charge in [-0.3, -0.25) is 4.79 Å². The SMILES string of the molecule is CCc1[nH]c2c(CNC(=O)C(C)n3ccnc3)cc(C)cc2c1C. The number of nitrogens with one attached hydrogen (secondary N) is 2. The van der Waals surface area contributed by atoms with Crippen LogP contribution in [0.3, 0.4) is 0 Å². The predicted octanol–water partition coefficient (Wildman–Crippen LogP) is 3.42. The summed E-state index contributed by atoms with van der Waals surface area (Å²) in [5, 5.41) is 4.29. The number of fused-ring (bicyclic) bond motifs is 1. The molecular weight excluding hydrogens is 300 g/mol. The third kappa shape index (κ3) is 2.94. The third-order valence-corrected chi connectivity index (χ3v) is 4.66. The van der Waals surface area contributed by atoms with E-state index in [1.54, 1.807) is 23.3 Å². The molecule has 0 spiro atoms. The van der Waals surface area contributed by atoms with Crippen molar-refractivity contribution in [3.05, 3.63) is 53.2 Å². The molecule has 2 aromatic heterocycles. The summed E-state index contributed by atoms with van der Waals surface area (Å²) in [6.07, 6.45) is 6.12. The lowest BCUT2D eigenvalue weighted by Gasteiger charge is -2.14. The number of aromatic nitrogens is 3. The van der Waals surface area contributed by atoms with Gasteiger partial charge in [-0.05, 0) is 44.4 Å². The second-order valence-electron chi connectivity index (χ2n) is 6.33. The van der Waals surface area contributed by atoms with Crippen LogP contribution in [0.15, 0.2) is 30.9 Å². The molecule has 24 heavy (non-hydrogen) atoms. The molecule has 1 unspecified atom stereocenters. The van der Waals surface area contributed by atoms with Gasteiger partial charge in [0.05, 0.1) is 11.8 Å².